The molecule has 0 saturated heterocycles. The van der Waals surface area contributed by atoms with E-state index in [4.69, 9.17) is 4.84 Å². The van der Waals surface area contributed by atoms with Crippen LogP contribution in [0.2, 0.25) is 0 Å². The van der Waals surface area contributed by atoms with E-state index in [0.29, 0.717) is 27.2 Å². The smallest absolute Gasteiger partial charge is 0.285 e. The van der Waals surface area contributed by atoms with Gasteiger partial charge in [-0.1, -0.05) is 36.8 Å². The van der Waals surface area contributed by atoms with Crippen LogP contribution < -0.4 is 11.0 Å². The highest BCUT2D eigenvalue weighted by Crippen LogP contribution is 2.28. The Balaban J connectivity index is 1.59. The van der Waals surface area contributed by atoms with Gasteiger partial charge in [-0.3, -0.25) is 19.0 Å². The van der Waals surface area contributed by atoms with Gasteiger partial charge < -0.3 is 0 Å². The summed E-state index contributed by atoms with van der Waals surface area (Å²) in [4.78, 5) is 36.6. The molecule has 140 valence electrons. The summed E-state index contributed by atoms with van der Waals surface area (Å²) < 4.78 is 1.78. The number of nitrogens with zero attached hydrogens (tertiary/aromatic N) is 2. The minimum absolute atomic E-state index is 0.0325. The normalized spacial score (nSPS) is 14.0. The number of carbonyl (C=O) groups excluding carboxylic acids is 1. The fraction of sp³-hybridized carbons (Fsp3) is 0.350. The minimum atomic E-state index is -0.342. The molecule has 1 amide bonds. The molecular weight excluding hydrogens is 362 g/mol. The van der Waals surface area contributed by atoms with Crippen LogP contribution in [0.3, 0.4) is 0 Å². The van der Waals surface area contributed by atoms with E-state index < -0.39 is 0 Å². The van der Waals surface area contributed by atoms with E-state index in [0.717, 1.165) is 37.1 Å². The lowest BCUT2D eigenvalue weighted by atomic mass is 10.2. The number of hydroxylamine groups is 1. The standard InChI is InChI=1S/C20H21N3O3S/c1-13-16-19(21-15-10-6-3-7-11-23(15)20(16)25)27-17(13)18(24)22-26-12-14-8-4-2-5-9-14/h2,4-5,8-9H,3,6-7,10-12H2,1H3,(H,22,24). The molecule has 0 saturated carbocycles. The second-order valence-electron chi connectivity index (χ2n) is 6.74. The molecule has 0 fully saturated rings. The number of amides is 1. The molecular formula is C20H21N3O3S. The molecule has 0 atom stereocenters. The van der Waals surface area contributed by atoms with E-state index in [-0.39, 0.29) is 18.1 Å². The Morgan fingerprint density at radius 1 is 1.26 bits per heavy atom. The summed E-state index contributed by atoms with van der Waals surface area (Å²) in [5.41, 5.74) is 4.09. The molecule has 0 radical (unpaired) electrons. The van der Waals surface area contributed by atoms with E-state index in [1.54, 1.807) is 11.5 Å². The molecule has 4 rings (SSSR count). The van der Waals surface area contributed by atoms with Crippen molar-refractivity contribution in [2.45, 2.75) is 45.8 Å². The monoisotopic (exact) mass is 383 g/mol. The molecule has 1 N–H and O–H groups in total. The molecule has 1 aromatic carbocycles. The Hall–Kier alpha value is -2.51. The Labute approximate surface area is 160 Å². The quantitative estimate of drug-likeness (QED) is 0.701. The van der Waals surface area contributed by atoms with Gasteiger partial charge in [-0.05, 0) is 30.9 Å². The van der Waals surface area contributed by atoms with E-state index in [2.05, 4.69) is 10.5 Å². The molecule has 0 bridgehead atoms. The predicted molar refractivity (Wildman–Crippen MR) is 105 cm³/mol. The maximum absolute atomic E-state index is 12.9. The first-order chi connectivity index (χ1) is 13.1. The number of carbonyl (C=O) groups is 1. The number of thiophene rings is 1. The number of rotatable bonds is 4. The summed E-state index contributed by atoms with van der Waals surface area (Å²) >= 11 is 1.26. The summed E-state index contributed by atoms with van der Waals surface area (Å²) in [6.45, 7) is 2.79. The van der Waals surface area contributed by atoms with Gasteiger partial charge in [-0.15, -0.1) is 11.3 Å². The molecule has 27 heavy (non-hydrogen) atoms. The zero-order valence-electron chi connectivity index (χ0n) is 15.2. The largest absolute Gasteiger partial charge is 0.296 e. The number of aromatic nitrogens is 2. The summed E-state index contributed by atoms with van der Waals surface area (Å²) in [6.07, 6.45) is 3.96. The molecule has 0 spiro atoms. The lowest BCUT2D eigenvalue weighted by Crippen LogP contribution is -2.25. The number of hydrogen-bond donors (Lipinski definition) is 1. The Kier molecular flexibility index (Phi) is 5.05. The van der Waals surface area contributed by atoms with Gasteiger partial charge in [0.1, 0.15) is 10.7 Å². The van der Waals surface area contributed by atoms with Crippen LogP contribution in [0.25, 0.3) is 10.2 Å². The van der Waals surface area contributed by atoms with Crippen molar-refractivity contribution < 1.29 is 9.63 Å². The van der Waals surface area contributed by atoms with Gasteiger partial charge >= 0.3 is 0 Å². The maximum Gasteiger partial charge on any atom is 0.285 e. The number of benzene rings is 1. The Morgan fingerprint density at radius 3 is 2.89 bits per heavy atom. The molecule has 7 heteroatoms. The maximum atomic E-state index is 12.9. The summed E-state index contributed by atoms with van der Waals surface area (Å²) in [5, 5.41) is 0.554. The van der Waals surface area contributed by atoms with Crippen molar-refractivity contribution in [1.29, 1.82) is 0 Å². The first kappa shape index (κ1) is 17.9. The van der Waals surface area contributed by atoms with Crippen molar-refractivity contribution in [2.75, 3.05) is 0 Å². The second-order valence-corrected chi connectivity index (χ2v) is 7.74. The van der Waals surface area contributed by atoms with Gasteiger partial charge in [0.15, 0.2) is 0 Å². The number of nitrogens with one attached hydrogen (secondary N) is 1. The van der Waals surface area contributed by atoms with Crippen molar-refractivity contribution >= 4 is 27.5 Å². The Morgan fingerprint density at radius 2 is 2.07 bits per heavy atom. The second kappa shape index (κ2) is 7.62. The average molecular weight is 383 g/mol. The van der Waals surface area contributed by atoms with Crippen molar-refractivity contribution in [3.63, 3.8) is 0 Å². The lowest BCUT2D eigenvalue weighted by molar-refractivity contribution is 0.0236. The predicted octanol–water partition coefficient (Wildman–Crippen LogP) is 3.35. The van der Waals surface area contributed by atoms with Gasteiger partial charge in [-0.2, -0.15) is 0 Å². The Bertz CT molecular complexity index is 1040. The van der Waals surface area contributed by atoms with Crippen LogP contribution in [0.15, 0.2) is 35.1 Å². The third kappa shape index (κ3) is 3.52. The highest BCUT2D eigenvalue weighted by Gasteiger charge is 2.22. The highest BCUT2D eigenvalue weighted by atomic mass is 32.1. The first-order valence-electron chi connectivity index (χ1n) is 9.14. The number of fused-ring (bicyclic) bond motifs is 2. The molecule has 0 aliphatic carbocycles. The zero-order valence-corrected chi connectivity index (χ0v) is 16.0. The van der Waals surface area contributed by atoms with Crippen LogP contribution in [0.1, 0.15) is 45.9 Å². The van der Waals surface area contributed by atoms with Crippen molar-refractivity contribution in [3.05, 3.63) is 62.5 Å². The van der Waals surface area contributed by atoms with E-state index in [1.807, 2.05) is 30.3 Å². The minimum Gasteiger partial charge on any atom is -0.296 e. The number of aryl methyl sites for hydroxylation is 2. The average Bonchev–Trinajstić information content (AvgIpc) is 2.85. The fourth-order valence-electron chi connectivity index (χ4n) is 3.43. The molecule has 1 aliphatic rings. The third-order valence-corrected chi connectivity index (χ3v) is 6.05. The topological polar surface area (TPSA) is 73.2 Å². The van der Waals surface area contributed by atoms with Crippen LogP contribution in [0.5, 0.6) is 0 Å². The number of hydrogen-bond acceptors (Lipinski definition) is 5. The summed E-state index contributed by atoms with van der Waals surface area (Å²) in [7, 11) is 0. The first-order valence-corrected chi connectivity index (χ1v) is 9.95. The molecule has 3 heterocycles. The van der Waals surface area contributed by atoms with Crippen molar-refractivity contribution in [1.82, 2.24) is 15.0 Å². The summed E-state index contributed by atoms with van der Waals surface area (Å²) in [5.74, 6) is 0.490. The molecule has 6 nitrogen and oxygen atoms in total. The van der Waals surface area contributed by atoms with Crippen molar-refractivity contribution in [3.8, 4) is 0 Å². The zero-order chi connectivity index (χ0) is 18.8. The molecule has 2 aromatic heterocycles. The van der Waals surface area contributed by atoms with Gasteiger partial charge in [0.2, 0.25) is 0 Å². The lowest BCUT2D eigenvalue weighted by Gasteiger charge is -2.08. The summed E-state index contributed by atoms with van der Waals surface area (Å²) in [6, 6.07) is 9.61. The van der Waals surface area contributed by atoms with Crippen molar-refractivity contribution in [2.24, 2.45) is 0 Å². The van der Waals surface area contributed by atoms with Gasteiger partial charge in [0.25, 0.3) is 11.5 Å². The third-order valence-electron chi connectivity index (χ3n) is 4.86. The van der Waals surface area contributed by atoms with Crippen LogP contribution in [0, 0.1) is 6.92 Å². The van der Waals surface area contributed by atoms with Gasteiger partial charge in [0, 0.05) is 13.0 Å². The fourth-order valence-corrected chi connectivity index (χ4v) is 4.51. The SMILES string of the molecule is Cc1c(C(=O)NOCc2ccccc2)sc2nc3n(c(=O)c12)CCCCC3. The van der Waals surface area contributed by atoms with Gasteiger partial charge in [-0.25, -0.2) is 10.5 Å². The molecule has 0 unspecified atom stereocenters. The van der Waals surface area contributed by atoms with Crippen LogP contribution in [0.4, 0.5) is 0 Å². The van der Waals surface area contributed by atoms with Gasteiger partial charge in [0.05, 0.1) is 16.9 Å². The van der Waals surface area contributed by atoms with Crippen LogP contribution >= 0.6 is 11.3 Å². The molecule has 3 aromatic rings. The van der Waals surface area contributed by atoms with E-state index in [1.165, 1.54) is 11.3 Å². The van der Waals surface area contributed by atoms with E-state index in [9.17, 15) is 9.59 Å². The van der Waals surface area contributed by atoms with E-state index >= 15 is 0 Å². The highest BCUT2D eigenvalue weighted by molar-refractivity contribution is 7.20. The molecule has 1 aliphatic heterocycles. The van der Waals surface area contributed by atoms with Crippen LogP contribution in [-0.4, -0.2) is 15.5 Å². The van der Waals surface area contributed by atoms with Crippen LogP contribution in [-0.2, 0) is 24.4 Å².